The molecule has 1 unspecified atom stereocenters. The third kappa shape index (κ3) is 10.0. The number of esters is 1. The normalized spacial score (nSPS) is 16.7. The van der Waals surface area contributed by atoms with Crippen LogP contribution in [0.25, 0.3) is 0 Å². The van der Waals surface area contributed by atoms with E-state index >= 15 is 0 Å². The first-order valence-corrected chi connectivity index (χ1v) is 16.3. The van der Waals surface area contributed by atoms with Gasteiger partial charge in [-0.05, 0) is 45.2 Å². The van der Waals surface area contributed by atoms with E-state index in [4.69, 9.17) is 8.92 Å². The minimum Gasteiger partial charge on any atom is -0.461 e. The van der Waals surface area contributed by atoms with Crippen molar-refractivity contribution in [2.45, 2.75) is 73.8 Å². The number of aliphatic hydroxyl groups excluding tert-OH is 1. The first-order valence-electron chi connectivity index (χ1n) is 13.1. The van der Waals surface area contributed by atoms with E-state index < -0.39 is 22.2 Å². The smallest absolute Gasteiger partial charge is 0.357 e. The monoisotopic (exact) mass is 596 g/mol. The number of likely N-dealkylation sites (tertiary alicyclic amines) is 1. The first kappa shape index (κ1) is 31.3. The molecule has 0 radical (unpaired) electrons. The molecular formula is C27H36N2O7S3. The standard InChI is InChI=1S/C27H36N2O7S3/c1-3-35-26(32)24-19-38-27(28-24)37-18-16-29-21(11-15-25(29)31)10-12-22(30)7-5-4-6-17-36-39(33,34)23-13-8-20(2)9-14-23/h8-10,12-14,19,21-22,30H,3-7,11,15-18H2,1-2H3/b12-10+/t21-,22?/m0/s1. The molecule has 1 fully saturated rings. The fourth-order valence-corrected chi connectivity index (χ4v) is 6.77. The fourth-order valence-electron chi connectivity index (χ4n) is 4.03. The number of nitrogens with zero attached hydrogens (tertiary/aromatic N) is 2. The molecule has 0 saturated carbocycles. The minimum absolute atomic E-state index is 0.0560. The number of rotatable bonds is 16. The zero-order chi connectivity index (χ0) is 28.3. The van der Waals surface area contributed by atoms with Gasteiger partial charge in [-0.25, -0.2) is 9.78 Å². The molecule has 2 heterocycles. The molecular weight excluding hydrogens is 561 g/mol. The molecule has 1 saturated heterocycles. The molecule has 1 N–H and O–H groups in total. The summed E-state index contributed by atoms with van der Waals surface area (Å²) >= 11 is 2.87. The molecule has 1 amide bonds. The van der Waals surface area contributed by atoms with E-state index in [9.17, 15) is 23.1 Å². The molecule has 1 aliphatic rings. The van der Waals surface area contributed by atoms with E-state index in [1.807, 2.05) is 17.9 Å². The second kappa shape index (κ2) is 15.5. The van der Waals surface area contributed by atoms with Gasteiger partial charge in [-0.2, -0.15) is 8.42 Å². The summed E-state index contributed by atoms with van der Waals surface area (Å²) in [6.07, 6.45) is 6.78. The molecule has 2 atom stereocenters. The Hall–Kier alpha value is -2.25. The van der Waals surface area contributed by atoms with Crippen LogP contribution in [0.3, 0.4) is 0 Å². The van der Waals surface area contributed by atoms with Crippen LogP contribution < -0.4 is 0 Å². The predicted octanol–water partition coefficient (Wildman–Crippen LogP) is 4.59. The molecule has 1 aromatic carbocycles. The number of thiazole rings is 1. The minimum atomic E-state index is -3.75. The van der Waals surface area contributed by atoms with Gasteiger partial charge in [-0.3, -0.25) is 8.98 Å². The largest absolute Gasteiger partial charge is 0.461 e. The molecule has 12 heteroatoms. The van der Waals surface area contributed by atoms with Crippen LogP contribution in [0, 0.1) is 6.92 Å². The van der Waals surface area contributed by atoms with Crippen molar-refractivity contribution in [1.82, 2.24) is 9.88 Å². The van der Waals surface area contributed by atoms with Gasteiger partial charge < -0.3 is 14.7 Å². The number of aromatic nitrogens is 1. The zero-order valence-electron chi connectivity index (χ0n) is 22.3. The van der Waals surface area contributed by atoms with Crippen molar-refractivity contribution in [2.75, 3.05) is 25.5 Å². The number of unbranched alkanes of at least 4 members (excludes halogenated alkanes) is 2. The van der Waals surface area contributed by atoms with E-state index in [-0.39, 0.29) is 23.5 Å². The zero-order valence-corrected chi connectivity index (χ0v) is 24.7. The van der Waals surface area contributed by atoms with Crippen LogP contribution >= 0.6 is 23.1 Å². The summed E-state index contributed by atoms with van der Waals surface area (Å²) in [6, 6.07) is 6.48. The van der Waals surface area contributed by atoms with Crippen LogP contribution in [0.15, 0.2) is 51.0 Å². The number of amides is 1. The molecule has 1 aliphatic heterocycles. The Bertz CT molecular complexity index is 1210. The Balaban J connectivity index is 1.33. The summed E-state index contributed by atoms with van der Waals surface area (Å²) in [5, 5.41) is 12.0. The van der Waals surface area contributed by atoms with Crippen LogP contribution in [-0.4, -0.2) is 72.9 Å². The molecule has 2 aromatic rings. The lowest BCUT2D eigenvalue weighted by atomic mass is 10.1. The molecule has 0 aliphatic carbocycles. The SMILES string of the molecule is CCOC(=O)c1csc(SCCN2C(=O)CC[C@@H]2/C=C/C(O)CCCCCOS(=O)(=O)c2ccc(C)cc2)n1. The number of aryl methyl sites for hydroxylation is 1. The lowest BCUT2D eigenvalue weighted by molar-refractivity contribution is -0.128. The number of carbonyl (C=O) groups is 2. The van der Waals surface area contributed by atoms with Gasteiger partial charge in [0.1, 0.15) is 0 Å². The highest BCUT2D eigenvalue weighted by atomic mass is 32.2. The predicted molar refractivity (Wildman–Crippen MR) is 151 cm³/mol. The maximum atomic E-state index is 12.4. The molecule has 0 bridgehead atoms. The highest BCUT2D eigenvalue weighted by Gasteiger charge is 2.28. The molecule has 39 heavy (non-hydrogen) atoms. The number of hydrogen-bond acceptors (Lipinski definition) is 10. The second-order valence-corrected chi connectivity index (χ2v) is 13.0. The summed E-state index contributed by atoms with van der Waals surface area (Å²) in [5.41, 5.74) is 1.28. The van der Waals surface area contributed by atoms with Crippen LogP contribution in [0.2, 0.25) is 0 Å². The maximum absolute atomic E-state index is 12.4. The maximum Gasteiger partial charge on any atom is 0.357 e. The number of ether oxygens (including phenoxy) is 1. The Labute approximate surface area is 238 Å². The third-order valence-electron chi connectivity index (χ3n) is 6.15. The highest BCUT2D eigenvalue weighted by Crippen LogP contribution is 2.26. The second-order valence-electron chi connectivity index (χ2n) is 9.15. The number of benzene rings is 1. The van der Waals surface area contributed by atoms with Crippen LogP contribution in [0.5, 0.6) is 0 Å². The lowest BCUT2D eigenvalue weighted by Gasteiger charge is -2.22. The summed E-state index contributed by atoms with van der Waals surface area (Å²) < 4.78 is 35.3. The fraction of sp³-hybridized carbons (Fsp3) is 0.519. The Morgan fingerprint density at radius 2 is 2.05 bits per heavy atom. The average molecular weight is 597 g/mol. The number of carbonyl (C=O) groups excluding carboxylic acids is 2. The van der Waals surface area contributed by atoms with Crippen molar-refractivity contribution in [3.8, 4) is 0 Å². The van der Waals surface area contributed by atoms with Crippen LogP contribution in [-0.2, 0) is 23.8 Å². The number of hydrogen-bond donors (Lipinski definition) is 1. The number of thioether (sulfide) groups is 1. The van der Waals surface area contributed by atoms with E-state index in [0.29, 0.717) is 50.3 Å². The molecule has 9 nitrogen and oxygen atoms in total. The van der Waals surface area contributed by atoms with Crippen molar-refractivity contribution in [3.05, 3.63) is 53.1 Å². The molecule has 3 rings (SSSR count). The molecule has 214 valence electrons. The first-order chi connectivity index (χ1) is 18.7. The van der Waals surface area contributed by atoms with Gasteiger partial charge in [-0.1, -0.05) is 54.5 Å². The van der Waals surface area contributed by atoms with Crippen molar-refractivity contribution < 1.29 is 32.0 Å². The Kier molecular flexibility index (Phi) is 12.4. The van der Waals surface area contributed by atoms with Gasteiger partial charge in [0.05, 0.1) is 30.3 Å². The van der Waals surface area contributed by atoms with Crippen molar-refractivity contribution >= 4 is 45.1 Å². The van der Waals surface area contributed by atoms with Gasteiger partial charge >= 0.3 is 5.97 Å². The highest BCUT2D eigenvalue weighted by molar-refractivity contribution is 8.01. The topological polar surface area (TPSA) is 123 Å². The summed E-state index contributed by atoms with van der Waals surface area (Å²) in [4.78, 5) is 30.4. The van der Waals surface area contributed by atoms with E-state index in [0.717, 1.165) is 22.7 Å². The van der Waals surface area contributed by atoms with Crippen LogP contribution in [0.4, 0.5) is 0 Å². The quantitative estimate of drug-likeness (QED) is 0.0974. The van der Waals surface area contributed by atoms with E-state index in [1.54, 1.807) is 30.5 Å². The Morgan fingerprint density at radius 1 is 1.28 bits per heavy atom. The third-order valence-corrected chi connectivity index (χ3v) is 9.48. The van der Waals surface area contributed by atoms with Gasteiger partial charge in [0.15, 0.2) is 10.0 Å². The summed E-state index contributed by atoms with van der Waals surface area (Å²) in [6.45, 7) is 4.59. The van der Waals surface area contributed by atoms with Gasteiger partial charge in [0.25, 0.3) is 10.1 Å². The lowest BCUT2D eigenvalue weighted by Crippen LogP contribution is -2.33. The van der Waals surface area contributed by atoms with Crippen LogP contribution in [0.1, 0.15) is 61.5 Å². The van der Waals surface area contributed by atoms with Gasteiger partial charge in [0.2, 0.25) is 5.91 Å². The molecule has 1 aromatic heterocycles. The molecule has 0 spiro atoms. The Morgan fingerprint density at radius 3 is 2.79 bits per heavy atom. The van der Waals surface area contributed by atoms with Gasteiger partial charge in [0, 0.05) is 24.1 Å². The van der Waals surface area contributed by atoms with Crippen molar-refractivity contribution in [1.29, 1.82) is 0 Å². The van der Waals surface area contributed by atoms with E-state index in [2.05, 4.69) is 4.98 Å². The van der Waals surface area contributed by atoms with E-state index in [1.165, 1.54) is 35.2 Å². The number of aliphatic hydroxyl groups is 1. The average Bonchev–Trinajstić information content (AvgIpc) is 3.52. The summed E-state index contributed by atoms with van der Waals surface area (Å²) in [7, 11) is -3.75. The van der Waals surface area contributed by atoms with Crippen molar-refractivity contribution in [3.63, 3.8) is 0 Å². The summed E-state index contributed by atoms with van der Waals surface area (Å²) in [5.74, 6) is 0.306. The van der Waals surface area contributed by atoms with Gasteiger partial charge in [-0.15, -0.1) is 11.3 Å². The van der Waals surface area contributed by atoms with Crippen molar-refractivity contribution in [2.24, 2.45) is 0 Å².